The fourth-order valence-corrected chi connectivity index (χ4v) is 9.96. The molecule has 0 aliphatic heterocycles. The molecule has 1 aliphatic carbocycles. The molecule has 0 aromatic carbocycles. The molecule has 0 bridgehead atoms. The molecular formula is C59H112N2O9. The second-order valence-electron chi connectivity index (χ2n) is 21.3. The van der Waals surface area contributed by atoms with Crippen LogP contribution in [0.1, 0.15) is 259 Å². The molecule has 0 aromatic rings. The number of ether oxygens (including phenoxy) is 4. The predicted molar refractivity (Wildman–Crippen MR) is 288 cm³/mol. The van der Waals surface area contributed by atoms with Crippen LogP contribution in [0, 0.1) is 23.7 Å². The van der Waals surface area contributed by atoms with Crippen molar-refractivity contribution in [3.8, 4) is 0 Å². The van der Waals surface area contributed by atoms with Gasteiger partial charge in [0.2, 0.25) is 0 Å². The molecule has 0 spiro atoms. The first kappa shape index (κ1) is 65.8. The molecule has 1 N–H and O–H groups in total. The molecule has 412 valence electrons. The maximum atomic E-state index is 12.6. The molecule has 0 aromatic heterocycles. The second-order valence-corrected chi connectivity index (χ2v) is 21.3. The third-order valence-corrected chi connectivity index (χ3v) is 14.5. The highest BCUT2D eigenvalue weighted by molar-refractivity contribution is 5.70. The largest absolute Gasteiger partial charge is 0.465 e. The molecule has 0 saturated heterocycles. The lowest BCUT2D eigenvalue weighted by molar-refractivity contribution is -0.151. The Morgan fingerprint density at radius 3 is 0.971 bits per heavy atom. The van der Waals surface area contributed by atoms with Crippen LogP contribution in [0.25, 0.3) is 0 Å². The van der Waals surface area contributed by atoms with Crippen molar-refractivity contribution in [3.05, 3.63) is 0 Å². The van der Waals surface area contributed by atoms with E-state index in [4.69, 9.17) is 18.9 Å². The van der Waals surface area contributed by atoms with E-state index in [0.29, 0.717) is 70.5 Å². The van der Waals surface area contributed by atoms with Crippen molar-refractivity contribution in [2.45, 2.75) is 259 Å². The Bertz CT molecular complexity index is 1080. The average Bonchev–Trinajstić information content (AvgIpc) is 3.35. The fourth-order valence-electron chi connectivity index (χ4n) is 9.96. The normalized spacial score (nSPS) is 15.1. The van der Waals surface area contributed by atoms with E-state index in [1.807, 2.05) is 0 Å². The molecule has 0 unspecified atom stereocenters. The van der Waals surface area contributed by atoms with E-state index >= 15 is 0 Å². The molecule has 1 rings (SSSR count). The van der Waals surface area contributed by atoms with E-state index in [1.165, 1.54) is 77.0 Å². The van der Waals surface area contributed by atoms with E-state index in [1.54, 1.807) is 0 Å². The number of nitrogens with zero attached hydrogens (tertiary/aromatic N) is 2. The molecule has 0 heterocycles. The first-order valence-electron chi connectivity index (χ1n) is 29.9. The van der Waals surface area contributed by atoms with Crippen molar-refractivity contribution in [1.29, 1.82) is 0 Å². The van der Waals surface area contributed by atoms with Crippen LogP contribution in [-0.4, -0.2) is 111 Å². The third-order valence-electron chi connectivity index (χ3n) is 14.5. The number of aliphatic hydroxyl groups is 1. The summed E-state index contributed by atoms with van der Waals surface area (Å²) in [5, 5.41) is 9.99. The van der Waals surface area contributed by atoms with Crippen LogP contribution in [-0.2, 0) is 38.1 Å². The highest BCUT2D eigenvalue weighted by atomic mass is 16.6. The number of hydrogen-bond acceptors (Lipinski definition) is 11. The van der Waals surface area contributed by atoms with Gasteiger partial charge >= 0.3 is 23.9 Å². The van der Waals surface area contributed by atoms with Gasteiger partial charge in [-0.2, -0.15) is 0 Å². The Balaban J connectivity index is 2.60. The van der Waals surface area contributed by atoms with Crippen molar-refractivity contribution in [3.63, 3.8) is 0 Å². The molecule has 0 amide bonds. The first-order chi connectivity index (χ1) is 34.2. The zero-order valence-corrected chi connectivity index (χ0v) is 46.4. The van der Waals surface area contributed by atoms with E-state index in [9.17, 15) is 24.3 Å². The van der Waals surface area contributed by atoms with Gasteiger partial charge in [-0.1, -0.05) is 150 Å². The minimum atomic E-state index is -0.147. The van der Waals surface area contributed by atoms with Gasteiger partial charge in [0.25, 0.3) is 0 Å². The Morgan fingerprint density at radius 2 is 0.686 bits per heavy atom. The summed E-state index contributed by atoms with van der Waals surface area (Å²) < 4.78 is 22.9. The summed E-state index contributed by atoms with van der Waals surface area (Å²) in [6, 6.07) is 0. The molecule has 70 heavy (non-hydrogen) atoms. The summed E-state index contributed by atoms with van der Waals surface area (Å²) >= 11 is 0. The topological polar surface area (TPSA) is 132 Å². The molecule has 1 saturated carbocycles. The lowest BCUT2D eigenvalue weighted by atomic mass is 9.81. The molecule has 1 aliphatic rings. The van der Waals surface area contributed by atoms with Crippen LogP contribution < -0.4 is 0 Å². The lowest BCUT2D eigenvalue weighted by Crippen LogP contribution is -2.37. The van der Waals surface area contributed by atoms with Gasteiger partial charge in [0.05, 0.1) is 33.0 Å². The van der Waals surface area contributed by atoms with Crippen LogP contribution >= 0.6 is 0 Å². The van der Waals surface area contributed by atoms with Crippen molar-refractivity contribution in [1.82, 2.24) is 9.80 Å². The monoisotopic (exact) mass is 993 g/mol. The maximum Gasteiger partial charge on any atom is 0.305 e. The number of unbranched alkanes of at least 4 members (excludes halogenated alkanes) is 18. The summed E-state index contributed by atoms with van der Waals surface area (Å²) in [6.45, 7) is 18.4. The zero-order chi connectivity index (χ0) is 51.1. The lowest BCUT2D eigenvalue weighted by Gasteiger charge is -2.35. The number of hydrogen-bond donors (Lipinski definition) is 1. The molecule has 11 heteroatoms. The smallest absolute Gasteiger partial charge is 0.305 e. The highest BCUT2D eigenvalue weighted by Gasteiger charge is 2.25. The summed E-state index contributed by atoms with van der Waals surface area (Å²) in [5.41, 5.74) is 0. The van der Waals surface area contributed by atoms with Crippen molar-refractivity contribution >= 4 is 23.9 Å². The van der Waals surface area contributed by atoms with Gasteiger partial charge in [0.1, 0.15) is 0 Å². The first-order valence-corrected chi connectivity index (χ1v) is 29.9. The zero-order valence-electron chi connectivity index (χ0n) is 46.4. The molecule has 1 fully saturated rings. The van der Waals surface area contributed by atoms with Crippen LogP contribution in [0.15, 0.2) is 0 Å². The van der Waals surface area contributed by atoms with Gasteiger partial charge in [-0.3, -0.25) is 19.2 Å². The number of carbonyl (C=O) groups excluding carboxylic acids is 4. The Labute approximate surface area is 430 Å². The standard InChI is InChI=1S/C59H112N2O9/c1-6-11-15-19-23-33-56(63)67-48-54(49-68-57(64)34-24-20-16-12-7-2)31-27-29-42-60(41-10-5)46-52-37-39-53(40-38-52)47-61(44-45-62)43-30-28-32-55(50-69-58(65)35-25-21-17-13-8-3)51-70-59(66)36-26-22-18-14-9-4/h52-55,62H,6-51H2,1-5H3. The van der Waals surface area contributed by atoms with Crippen molar-refractivity contribution < 1.29 is 43.2 Å². The van der Waals surface area contributed by atoms with E-state index in [2.05, 4.69) is 44.4 Å². The second kappa shape index (κ2) is 47.7. The molecule has 11 nitrogen and oxygen atoms in total. The quantitative estimate of drug-likeness (QED) is 0.0355. The summed E-state index contributed by atoms with van der Waals surface area (Å²) in [4.78, 5) is 55.4. The fraction of sp³-hybridized carbons (Fsp3) is 0.932. The van der Waals surface area contributed by atoms with Crippen LogP contribution in [0.3, 0.4) is 0 Å². The van der Waals surface area contributed by atoms with Gasteiger partial charge in [-0.15, -0.1) is 0 Å². The van der Waals surface area contributed by atoms with Crippen molar-refractivity contribution in [2.75, 3.05) is 72.3 Å². The van der Waals surface area contributed by atoms with Gasteiger partial charge in [0, 0.05) is 57.2 Å². The van der Waals surface area contributed by atoms with Gasteiger partial charge in [-0.05, 0) is 115 Å². The molecule has 0 radical (unpaired) electrons. The van der Waals surface area contributed by atoms with E-state index in [-0.39, 0.29) is 42.3 Å². The number of rotatable bonds is 50. The maximum absolute atomic E-state index is 12.6. The number of carbonyl (C=O) groups is 4. The average molecular weight is 994 g/mol. The van der Waals surface area contributed by atoms with Gasteiger partial charge in [-0.25, -0.2) is 0 Å². The van der Waals surface area contributed by atoms with Crippen LogP contribution in [0.4, 0.5) is 0 Å². The Morgan fingerprint density at radius 1 is 0.386 bits per heavy atom. The molecular weight excluding hydrogens is 881 g/mol. The summed E-state index contributed by atoms with van der Waals surface area (Å²) in [6.07, 6.45) is 35.5. The number of esters is 4. The minimum absolute atomic E-state index is 0.00369. The van der Waals surface area contributed by atoms with Crippen molar-refractivity contribution in [2.24, 2.45) is 23.7 Å². The minimum Gasteiger partial charge on any atom is -0.465 e. The SMILES string of the molecule is CCCCCCCC(=O)OCC(CCCCN(CCC)CC1CCC(CN(CCO)CCCCC(COC(=O)CCCCCCC)COC(=O)CCCCCCC)CC1)COC(=O)CCCCCCC. The number of aliphatic hydroxyl groups excluding tert-OH is 1. The van der Waals surface area contributed by atoms with E-state index in [0.717, 1.165) is 155 Å². The predicted octanol–water partition coefficient (Wildman–Crippen LogP) is 14.0. The third kappa shape index (κ3) is 39.3. The Hall–Kier alpha value is -2.24. The van der Waals surface area contributed by atoms with Crippen LogP contribution in [0.5, 0.6) is 0 Å². The summed E-state index contributed by atoms with van der Waals surface area (Å²) in [7, 11) is 0. The van der Waals surface area contributed by atoms with Gasteiger partial charge in [0.15, 0.2) is 0 Å². The highest BCUT2D eigenvalue weighted by Crippen LogP contribution is 2.30. The van der Waals surface area contributed by atoms with Gasteiger partial charge < -0.3 is 33.9 Å². The summed E-state index contributed by atoms with van der Waals surface area (Å²) in [5.74, 6) is 0.810. The van der Waals surface area contributed by atoms with Crippen LogP contribution in [0.2, 0.25) is 0 Å². The Kier molecular flexibility index (Phi) is 44.9. The molecule has 0 atom stereocenters. The van der Waals surface area contributed by atoms with E-state index < -0.39 is 0 Å².